The molecule has 3 heteroatoms. The summed E-state index contributed by atoms with van der Waals surface area (Å²) in [6.07, 6.45) is 16.2. The normalized spacial score (nSPS) is 23.6. The van der Waals surface area contributed by atoms with E-state index in [1.807, 2.05) is 6.20 Å². The number of hydrogen-bond donors (Lipinski definition) is 2. The number of nitrogens with one attached hydrogen (secondary N) is 2. The predicted octanol–water partition coefficient (Wildman–Crippen LogP) is 5.07. The average molecular weight is 377 g/mol. The second-order valence-corrected chi connectivity index (χ2v) is 9.01. The lowest BCUT2D eigenvalue weighted by molar-refractivity contribution is -0.128. The number of H-pyrrole nitrogens is 1. The van der Waals surface area contributed by atoms with E-state index in [9.17, 15) is 4.79 Å². The maximum absolute atomic E-state index is 13.0. The second kappa shape index (κ2) is 8.03. The Kier molecular flexibility index (Phi) is 5.49. The molecule has 2 aliphatic carbocycles. The highest BCUT2D eigenvalue weighted by atomic mass is 16.1. The van der Waals surface area contributed by atoms with Crippen molar-refractivity contribution in [3.05, 3.63) is 36.0 Å². The minimum atomic E-state index is 0.159. The zero-order chi connectivity index (χ0) is 19.6. The van der Waals surface area contributed by atoms with Crippen molar-refractivity contribution in [2.24, 2.45) is 23.2 Å². The van der Waals surface area contributed by atoms with Gasteiger partial charge in [-0.25, -0.2) is 0 Å². The molecule has 3 nitrogen and oxygen atoms in total. The van der Waals surface area contributed by atoms with Crippen LogP contribution < -0.4 is 5.32 Å². The van der Waals surface area contributed by atoms with Gasteiger partial charge in [-0.1, -0.05) is 25.5 Å². The number of benzene rings is 1. The van der Waals surface area contributed by atoms with Crippen molar-refractivity contribution in [3.63, 3.8) is 0 Å². The van der Waals surface area contributed by atoms with E-state index in [0.29, 0.717) is 11.8 Å². The molecule has 1 amide bonds. The van der Waals surface area contributed by atoms with Crippen LogP contribution in [0.15, 0.2) is 30.5 Å². The largest absolute Gasteiger partial charge is 0.361 e. The number of rotatable bonds is 9. The summed E-state index contributed by atoms with van der Waals surface area (Å²) >= 11 is 0. The highest BCUT2D eigenvalue weighted by Crippen LogP contribution is 2.57. The van der Waals surface area contributed by atoms with E-state index in [1.54, 1.807) is 0 Å². The molecule has 0 spiro atoms. The Balaban J connectivity index is 1.37. The molecular weight excluding hydrogens is 344 g/mol. The molecule has 1 heterocycles. The fraction of sp³-hybridized carbons (Fsp3) is 0.560. The van der Waals surface area contributed by atoms with Gasteiger partial charge in [0.05, 0.1) is 0 Å². The zero-order valence-corrected chi connectivity index (χ0v) is 17.0. The van der Waals surface area contributed by atoms with Gasteiger partial charge in [-0.3, -0.25) is 4.79 Å². The molecule has 0 saturated heterocycles. The topological polar surface area (TPSA) is 44.9 Å². The van der Waals surface area contributed by atoms with E-state index in [2.05, 4.69) is 47.4 Å². The van der Waals surface area contributed by atoms with Gasteiger partial charge >= 0.3 is 0 Å². The van der Waals surface area contributed by atoms with E-state index in [0.717, 1.165) is 45.1 Å². The van der Waals surface area contributed by atoms with Crippen molar-refractivity contribution < 1.29 is 4.79 Å². The quantitative estimate of drug-likeness (QED) is 0.590. The third-order valence-electron chi connectivity index (χ3n) is 7.14. The lowest BCUT2D eigenvalue weighted by Gasteiger charge is -2.33. The van der Waals surface area contributed by atoms with Crippen molar-refractivity contribution in [1.82, 2.24) is 10.3 Å². The Morgan fingerprint density at radius 1 is 1.36 bits per heavy atom. The number of hydrogen-bond acceptors (Lipinski definition) is 1. The molecule has 4 rings (SSSR count). The number of aromatic nitrogens is 1. The summed E-state index contributed by atoms with van der Waals surface area (Å²) < 4.78 is 0. The van der Waals surface area contributed by atoms with Gasteiger partial charge in [0.15, 0.2) is 0 Å². The molecule has 1 aromatic heterocycles. The van der Waals surface area contributed by atoms with Gasteiger partial charge < -0.3 is 10.3 Å². The molecule has 148 valence electrons. The Morgan fingerprint density at radius 3 is 2.89 bits per heavy atom. The molecule has 1 unspecified atom stereocenters. The molecule has 0 bridgehead atoms. The highest BCUT2D eigenvalue weighted by molar-refractivity contribution is 5.83. The molecule has 2 fully saturated rings. The van der Waals surface area contributed by atoms with Crippen LogP contribution in [0, 0.1) is 35.5 Å². The van der Waals surface area contributed by atoms with Gasteiger partial charge in [0.25, 0.3) is 0 Å². The van der Waals surface area contributed by atoms with Crippen LogP contribution in [-0.4, -0.2) is 17.4 Å². The number of carbonyl (C=O) groups is 1. The Morgan fingerprint density at radius 2 is 2.18 bits per heavy atom. The van der Waals surface area contributed by atoms with Gasteiger partial charge in [-0.2, -0.15) is 0 Å². The first-order valence-corrected chi connectivity index (χ1v) is 10.9. The van der Waals surface area contributed by atoms with Crippen LogP contribution in [-0.2, 0) is 11.2 Å². The smallest absolute Gasteiger partial charge is 0.223 e. The summed E-state index contributed by atoms with van der Waals surface area (Å²) in [5.74, 6) is 4.27. The molecule has 2 aliphatic rings. The first kappa shape index (κ1) is 19.1. The number of aryl methyl sites for hydroxylation is 1. The lowest BCUT2D eigenvalue weighted by atomic mass is 9.75. The van der Waals surface area contributed by atoms with Gasteiger partial charge in [0.1, 0.15) is 0 Å². The van der Waals surface area contributed by atoms with Crippen molar-refractivity contribution in [2.45, 2.75) is 58.3 Å². The third-order valence-corrected chi connectivity index (χ3v) is 7.14. The van der Waals surface area contributed by atoms with Crippen molar-refractivity contribution >= 4 is 16.8 Å². The third kappa shape index (κ3) is 3.83. The SMILES string of the molecule is C#CC1CC(CNC(=O)C(CCC)C2(CCc3cccc4[nH]ccc34)CC2)C1. The van der Waals surface area contributed by atoms with Crippen LogP contribution in [0.1, 0.15) is 57.4 Å². The first-order valence-electron chi connectivity index (χ1n) is 10.9. The van der Waals surface area contributed by atoms with Crippen LogP contribution in [0.5, 0.6) is 0 Å². The summed E-state index contributed by atoms with van der Waals surface area (Å²) in [6, 6.07) is 8.67. The fourth-order valence-corrected chi connectivity index (χ4v) is 5.10. The van der Waals surface area contributed by atoms with Crippen LogP contribution in [0.4, 0.5) is 0 Å². The molecule has 2 saturated carbocycles. The maximum atomic E-state index is 13.0. The minimum Gasteiger partial charge on any atom is -0.361 e. The number of carbonyl (C=O) groups excluding carboxylic acids is 1. The fourth-order valence-electron chi connectivity index (χ4n) is 5.10. The molecular formula is C25H32N2O. The summed E-state index contributed by atoms with van der Waals surface area (Å²) in [6.45, 7) is 3.00. The van der Waals surface area contributed by atoms with Gasteiger partial charge in [-0.15, -0.1) is 12.3 Å². The first-order chi connectivity index (χ1) is 13.6. The van der Waals surface area contributed by atoms with E-state index in [1.165, 1.54) is 29.3 Å². The van der Waals surface area contributed by atoms with Gasteiger partial charge in [0.2, 0.25) is 5.91 Å². The number of aromatic amines is 1. The number of amides is 1. The van der Waals surface area contributed by atoms with Crippen LogP contribution in [0.2, 0.25) is 0 Å². The van der Waals surface area contributed by atoms with Crippen molar-refractivity contribution in [1.29, 1.82) is 0 Å². The Bertz CT molecular complexity index is 864. The minimum absolute atomic E-state index is 0.159. The Labute approximate surface area is 168 Å². The van der Waals surface area contributed by atoms with E-state index in [-0.39, 0.29) is 17.2 Å². The highest BCUT2D eigenvalue weighted by Gasteiger charge is 2.51. The molecule has 2 N–H and O–H groups in total. The zero-order valence-electron chi connectivity index (χ0n) is 17.0. The van der Waals surface area contributed by atoms with Gasteiger partial charge in [-0.05, 0) is 74.0 Å². The molecule has 28 heavy (non-hydrogen) atoms. The van der Waals surface area contributed by atoms with Crippen molar-refractivity contribution in [2.75, 3.05) is 6.54 Å². The van der Waals surface area contributed by atoms with Gasteiger partial charge in [0, 0.05) is 35.5 Å². The Hall–Kier alpha value is -2.21. The maximum Gasteiger partial charge on any atom is 0.223 e. The van der Waals surface area contributed by atoms with Crippen molar-refractivity contribution in [3.8, 4) is 12.3 Å². The summed E-state index contributed by atoms with van der Waals surface area (Å²) in [5.41, 5.74) is 2.81. The molecule has 0 aliphatic heterocycles. The van der Waals surface area contributed by atoms with Crippen LogP contribution in [0.3, 0.4) is 0 Å². The summed E-state index contributed by atoms with van der Waals surface area (Å²) in [5, 5.41) is 4.59. The standard InChI is InChI=1S/C25H32N2O/c1-3-6-22(24(28)27-17-19-15-18(4-2)16-19)25(12-13-25)11-9-20-7-5-8-23-21(20)10-14-26-23/h2,5,7-8,10,14,18-19,22,26H,3,6,9,11-13,15-17H2,1H3,(H,27,28). The predicted molar refractivity (Wildman–Crippen MR) is 115 cm³/mol. The summed E-state index contributed by atoms with van der Waals surface area (Å²) in [4.78, 5) is 16.3. The monoisotopic (exact) mass is 376 g/mol. The lowest BCUT2D eigenvalue weighted by Crippen LogP contribution is -2.41. The number of terminal acetylenes is 1. The number of fused-ring (bicyclic) bond motifs is 1. The van der Waals surface area contributed by atoms with E-state index < -0.39 is 0 Å². The average Bonchev–Trinajstić information content (AvgIpc) is 3.29. The molecule has 0 radical (unpaired) electrons. The summed E-state index contributed by atoms with van der Waals surface area (Å²) in [7, 11) is 0. The molecule has 1 aromatic carbocycles. The van der Waals surface area contributed by atoms with Crippen LogP contribution in [0.25, 0.3) is 10.9 Å². The van der Waals surface area contributed by atoms with E-state index in [4.69, 9.17) is 6.42 Å². The second-order valence-electron chi connectivity index (χ2n) is 9.01. The van der Waals surface area contributed by atoms with E-state index >= 15 is 0 Å². The van der Waals surface area contributed by atoms with Crippen LogP contribution >= 0.6 is 0 Å². The molecule has 2 aromatic rings. The molecule has 1 atom stereocenters.